The first-order valence-electron chi connectivity index (χ1n) is 10.3. The molecule has 7 nitrogen and oxygen atoms in total. The van der Waals surface area contributed by atoms with Crippen LogP contribution in [0.5, 0.6) is 0 Å². The Bertz CT molecular complexity index is 1150. The Balaban J connectivity index is 1.44. The van der Waals surface area contributed by atoms with Gasteiger partial charge in [-0.25, -0.2) is 9.37 Å². The molecule has 0 radical (unpaired) electrons. The van der Waals surface area contributed by atoms with Crippen molar-refractivity contribution in [2.24, 2.45) is 0 Å². The number of rotatable bonds is 3. The van der Waals surface area contributed by atoms with Crippen LogP contribution in [0.25, 0.3) is 11.3 Å². The van der Waals surface area contributed by atoms with Crippen molar-refractivity contribution < 1.29 is 14.0 Å². The Morgan fingerprint density at radius 3 is 2.74 bits per heavy atom. The molecule has 1 atom stereocenters. The molecule has 1 fully saturated rings. The number of hydrogen-bond donors (Lipinski definition) is 4. The van der Waals surface area contributed by atoms with Crippen LogP contribution in [-0.2, 0) is 5.41 Å². The van der Waals surface area contributed by atoms with E-state index in [9.17, 15) is 14.0 Å². The van der Waals surface area contributed by atoms with Gasteiger partial charge >= 0.3 is 0 Å². The molecule has 3 aromatic rings. The molecule has 0 saturated carbocycles. The molecule has 0 bridgehead atoms. The molecule has 1 spiro atoms. The van der Waals surface area contributed by atoms with Gasteiger partial charge in [0.25, 0.3) is 11.8 Å². The van der Waals surface area contributed by atoms with Crippen molar-refractivity contribution in [3.63, 3.8) is 0 Å². The number of anilines is 1. The molecule has 158 valence electrons. The smallest absolute Gasteiger partial charge is 0.256 e. The summed E-state index contributed by atoms with van der Waals surface area (Å²) in [6, 6.07) is 10.8. The highest BCUT2D eigenvalue weighted by molar-refractivity contribution is 6.04. The number of benzene rings is 1. The second-order valence-corrected chi connectivity index (χ2v) is 8.11. The number of nitrogens with one attached hydrogen (secondary N) is 4. The minimum atomic E-state index is -0.401. The summed E-state index contributed by atoms with van der Waals surface area (Å²) >= 11 is 0. The third-order valence-electron chi connectivity index (χ3n) is 6.07. The van der Waals surface area contributed by atoms with Gasteiger partial charge in [0.05, 0.1) is 5.56 Å². The minimum absolute atomic E-state index is 0.0763. The van der Waals surface area contributed by atoms with Gasteiger partial charge in [-0.1, -0.05) is 0 Å². The molecule has 0 unspecified atom stereocenters. The van der Waals surface area contributed by atoms with Crippen molar-refractivity contribution in [2.45, 2.75) is 18.3 Å². The van der Waals surface area contributed by atoms with E-state index in [0.717, 1.165) is 42.9 Å². The predicted octanol–water partition coefficient (Wildman–Crippen LogP) is 2.83. The Labute approximate surface area is 178 Å². The molecule has 4 N–H and O–H groups in total. The standard InChI is InChI=1S/C23H22FN5O2/c24-16-4-2-14(3-5-16)21(30)29-19-10-15(6-9-26-19)18-11-17-20(28-18)23(13-27-22(17)31)7-1-8-25-12-23/h2-6,9-11,25,28H,1,7-8,12-13H2,(H,27,31)(H,26,29,30)/t23-/m0/s1. The molecule has 0 aliphatic carbocycles. The third kappa shape index (κ3) is 3.59. The number of aromatic amines is 1. The summed E-state index contributed by atoms with van der Waals surface area (Å²) in [6.07, 6.45) is 3.66. The number of halogens is 1. The minimum Gasteiger partial charge on any atom is -0.357 e. The van der Waals surface area contributed by atoms with E-state index < -0.39 is 5.82 Å². The molecule has 1 aromatic carbocycles. The van der Waals surface area contributed by atoms with E-state index in [1.807, 2.05) is 12.1 Å². The molecular formula is C23H22FN5O2. The van der Waals surface area contributed by atoms with E-state index in [1.54, 1.807) is 12.3 Å². The molecule has 31 heavy (non-hydrogen) atoms. The van der Waals surface area contributed by atoms with Crippen molar-refractivity contribution >= 4 is 17.6 Å². The van der Waals surface area contributed by atoms with Gasteiger partial charge in [-0.2, -0.15) is 0 Å². The van der Waals surface area contributed by atoms with E-state index in [4.69, 9.17) is 0 Å². The summed E-state index contributed by atoms with van der Waals surface area (Å²) in [5.74, 6) is -0.477. The van der Waals surface area contributed by atoms with Crippen molar-refractivity contribution in [3.05, 3.63) is 71.3 Å². The number of fused-ring (bicyclic) bond motifs is 2. The fourth-order valence-corrected chi connectivity index (χ4v) is 4.43. The topological polar surface area (TPSA) is 98.9 Å². The largest absolute Gasteiger partial charge is 0.357 e. The van der Waals surface area contributed by atoms with Gasteiger partial charge in [-0.05, 0) is 61.9 Å². The molecule has 2 aliphatic rings. The van der Waals surface area contributed by atoms with Crippen LogP contribution in [-0.4, -0.2) is 41.4 Å². The number of carbonyl (C=O) groups is 2. The summed E-state index contributed by atoms with van der Waals surface area (Å²) < 4.78 is 13.1. The van der Waals surface area contributed by atoms with Gasteiger partial charge < -0.3 is 20.9 Å². The number of hydrogen-bond acceptors (Lipinski definition) is 4. The van der Waals surface area contributed by atoms with Crippen LogP contribution >= 0.6 is 0 Å². The first kappa shape index (κ1) is 19.4. The molecule has 2 amide bonds. The summed E-state index contributed by atoms with van der Waals surface area (Å²) in [6.45, 7) is 2.41. The quantitative estimate of drug-likeness (QED) is 0.525. The summed E-state index contributed by atoms with van der Waals surface area (Å²) in [4.78, 5) is 32.6. The number of pyridine rings is 1. The molecule has 2 aromatic heterocycles. The maximum Gasteiger partial charge on any atom is 0.256 e. The lowest BCUT2D eigenvalue weighted by Gasteiger charge is -2.40. The summed E-state index contributed by atoms with van der Waals surface area (Å²) in [5.41, 5.74) is 3.45. The maximum absolute atomic E-state index is 13.1. The number of carbonyl (C=O) groups excluding carboxylic acids is 2. The molecule has 5 rings (SSSR count). The van der Waals surface area contributed by atoms with Crippen LogP contribution in [0.4, 0.5) is 10.2 Å². The lowest BCUT2D eigenvalue weighted by Crippen LogP contribution is -2.54. The molecular weight excluding hydrogens is 397 g/mol. The van der Waals surface area contributed by atoms with Crippen molar-refractivity contribution in [2.75, 3.05) is 25.0 Å². The fraction of sp³-hybridized carbons (Fsp3) is 0.261. The summed E-state index contributed by atoms with van der Waals surface area (Å²) in [5, 5.41) is 9.22. The van der Waals surface area contributed by atoms with E-state index in [2.05, 4.69) is 25.9 Å². The number of amides is 2. The summed E-state index contributed by atoms with van der Waals surface area (Å²) in [7, 11) is 0. The highest BCUT2D eigenvalue weighted by atomic mass is 19.1. The van der Waals surface area contributed by atoms with Crippen LogP contribution in [0, 0.1) is 5.82 Å². The lowest BCUT2D eigenvalue weighted by atomic mass is 9.74. The van der Waals surface area contributed by atoms with Crippen LogP contribution in [0.1, 0.15) is 39.3 Å². The van der Waals surface area contributed by atoms with E-state index in [0.29, 0.717) is 23.5 Å². The number of H-pyrrole nitrogens is 1. The van der Waals surface area contributed by atoms with E-state index >= 15 is 0 Å². The Kier molecular flexibility index (Phi) is 4.78. The molecule has 4 heterocycles. The van der Waals surface area contributed by atoms with Gasteiger partial charge in [0.15, 0.2) is 0 Å². The van der Waals surface area contributed by atoms with E-state index in [-0.39, 0.29) is 17.2 Å². The predicted molar refractivity (Wildman–Crippen MR) is 114 cm³/mol. The third-order valence-corrected chi connectivity index (χ3v) is 6.07. The van der Waals surface area contributed by atoms with E-state index in [1.165, 1.54) is 24.3 Å². The number of aromatic nitrogens is 2. The first-order valence-corrected chi connectivity index (χ1v) is 10.3. The normalized spacial score (nSPS) is 20.2. The average Bonchev–Trinajstić information content (AvgIpc) is 3.25. The van der Waals surface area contributed by atoms with Crippen LogP contribution in [0.15, 0.2) is 48.7 Å². The second kappa shape index (κ2) is 7.63. The average molecular weight is 419 g/mol. The first-order chi connectivity index (χ1) is 15.0. The SMILES string of the molecule is O=C(Nc1cc(-c2cc3c([nH]2)[C@]2(CCCNC2)CNC3=O)ccn1)c1ccc(F)cc1. The highest BCUT2D eigenvalue weighted by Crippen LogP contribution is 2.37. The Morgan fingerprint density at radius 2 is 1.97 bits per heavy atom. The Hall–Kier alpha value is -3.52. The zero-order chi connectivity index (χ0) is 21.4. The van der Waals surface area contributed by atoms with Crippen LogP contribution in [0.2, 0.25) is 0 Å². The van der Waals surface area contributed by atoms with Gasteiger partial charge in [0, 0.05) is 47.2 Å². The second-order valence-electron chi connectivity index (χ2n) is 8.11. The highest BCUT2D eigenvalue weighted by Gasteiger charge is 2.42. The monoisotopic (exact) mass is 419 g/mol. The van der Waals surface area contributed by atoms with Gasteiger partial charge in [0.1, 0.15) is 11.6 Å². The lowest BCUT2D eigenvalue weighted by molar-refractivity contribution is 0.0915. The Morgan fingerprint density at radius 1 is 1.13 bits per heavy atom. The fourth-order valence-electron chi connectivity index (χ4n) is 4.43. The molecule has 2 aliphatic heterocycles. The van der Waals surface area contributed by atoms with Crippen molar-refractivity contribution in [1.29, 1.82) is 0 Å². The van der Waals surface area contributed by atoms with Gasteiger partial charge in [0.2, 0.25) is 0 Å². The zero-order valence-corrected chi connectivity index (χ0v) is 16.8. The van der Waals surface area contributed by atoms with Crippen LogP contribution in [0.3, 0.4) is 0 Å². The molecule has 8 heteroatoms. The number of piperidine rings is 1. The van der Waals surface area contributed by atoms with Gasteiger partial charge in [-0.3, -0.25) is 9.59 Å². The zero-order valence-electron chi connectivity index (χ0n) is 16.8. The maximum atomic E-state index is 13.1. The van der Waals surface area contributed by atoms with Crippen molar-refractivity contribution in [3.8, 4) is 11.3 Å². The number of nitrogens with zero attached hydrogens (tertiary/aromatic N) is 1. The molecule has 1 saturated heterocycles. The van der Waals surface area contributed by atoms with Crippen LogP contribution < -0.4 is 16.0 Å². The van der Waals surface area contributed by atoms with Gasteiger partial charge in [-0.15, -0.1) is 0 Å². The van der Waals surface area contributed by atoms with Crippen molar-refractivity contribution in [1.82, 2.24) is 20.6 Å².